The third-order valence-corrected chi connectivity index (χ3v) is 2.78. The number of nitrogen functional groups attached to an aromatic ring is 1. The molecule has 19 heavy (non-hydrogen) atoms. The van der Waals surface area contributed by atoms with Crippen molar-refractivity contribution in [2.45, 2.75) is 13.8 Å². The SMILES string of the molecule is Cc1cc(N)cc(C(=O)Nc2ccc(F)c(C)c2)c1. The maximum Gasteiger partial charge on any atom is 0.255 e. The second-order valence-electron chi connectivity index (χ2n) is 4.55. The number of halogens is 1. The van der Waals surface area contributed by atoms with Gasteiger partial charge >= 0.3 is 0 Å². The second-order valence-corrected chi connectivity index (χ2v) is 4.55. The summed E-state index contributed by atoms with van der Waals surface area (Å²) >= 11 is 0. The number of hydrogen-bond acceptors (Lipinski definition) is 2. The predicted molar refractivity (Wildman–Crippen MR) is 74.7 cm³/mol. The van der Waals surface area contributed by atoms with Gasteiger partial charge in [-0.1, -0.05) is 0 Å². The first kappa shape index (κ1) is 13.1. The third kappa shape index (κ3) is 3.10. The standard InChI is InChI=1S/C15H15FN2O/c1-9-5-11(8-12(17)6-9)15(19)18-13-3-4-14(16)10(2)7-13/h3-8H,17H2,1-2H3,(H,18,19). The quantitative estimate of drug-likeness (QED) is 0.812. The molecular weight excluding hydrogens is 243 g/mol. The fourth-order valence-corrected chi connectivity index (χ4v) is 1.87. The highest BCUT2D eigenvalue weighted by molar-refractivity contribution is 6.04. The van der Waals surface area contributed by atoms with E-state index in [-0.39, 0.29) is 11.7 Å². The van der Waals surface area contributed by atoms with Crippen molar-refractivity contribution in [1.29, 1.82) is 0 Å². The van der Waals surface area contributed by atoms with Crippen LogP contribution in [-0.2, 0) is 0 Å². The van der Waals surface area contributed by atoms with Crippen LogP contribution in [-0.4, -0.2) is 5.91 Å². The van der Waals surface area contributed by atoms with E-state index >= 15 is 0 Å². The van der Waals surface area contributed by atoms with Crippen molar-refractivity contribution in [3.05, 3.63) is 58.9 Å². The number of aryl methyl sites for hydroxylation is 2. The average Bonchev–Trinajstić information content (AvgIpc) is 2.32. The molecular formula is C15H15FN2O. The summed E-state index contributed by atoms with van der Waals surface area (Å²) in [6.07, 6.45) is 0. The minimum Gasteiger partial charge on any atom is -0.399 e. The maximum absolute atomic E-state index is 13.1. The highest BCUT2D eigenvalue weighted by atomic mass is 19.1. The number of nitrogens with one attached hydrogen (secondary N) is 1. The molecule has 0 saturated heterocycles. The van der Waals surface area contributed by atoms with E-state index in [0.717, 1.165) is 5.56 Å². The first-order valence-corrected chi connectivity index (χ1v) is 5.90. The van der Waals surface area contributed by atoms with Gasteiger partial charge in [0.2, 0.25) is 0 Å². The summed E-state index contributed by atoms with van der Waals surface area (Å²) in [5.74, 6) is -0.556. The van der Waals surface area contributed by atoms with E-state index in [2.05, 4.69) is 5.32 Å². The Morgan fingerprint density at radius 3 is 2.53 bits per heavy atom. The van der Waals surface area contributed by atoms with Gasteiger partial charge < -0.3 is 11.1 Å². The fourth-order valence-electron chi connectivity index (χ4n) is 1.87. The molecule has 2 aromatic carbocycles. The largest absolute Gasteiger partial charge is 0.399 e. The molecule has 0 atom stereocenters. The average molecular weight is 258 g/mol. The molecule has 2 aromatic rings. The van der Waals surface area contributed by atoms with Crippen molar-refractivity contribution in [1.82, 2.24) is 0 Å². The number of benzene rings is 2. The normalized spacial score (nSPS) is 10.3. The minimum absolute atomic E-state index is 0.263. The van der Waals surface area contributed by atoms with Gasteiger partial charge in [0.1, 0.15) is 5.82 Å². The molecule has 0 radical (unpaired) electrons. The Balaban J connectivity index is 2.22. The molecule has 0 aliphatic heterocycles. The molecule has 0 aliphatic rings. The number of rotatable bonds is 2. The Labute approximate surface area is 111 Å². The van der Waals surface area contributed by atoms with Crippen LogP contribution in [0.1, 0.15) is 21.5 Å². The van der Waals surface area contributed by atoms with E-state index < -0.39 is 0 Å². The number of hydrogen-bond donors (Lipinski definition) is 2. The van der Waals surface area contributed by atoms with Gasteiger partial charge in [-0.3, -0.25) is 4.79 Å². The van der Waals surface area contributed by atoms with Crippen LogP contribution in [0.3, 0.4) is 0 Å². The number of nitrogens with two attached hydrogens (primary N) is 1. The van der Waals surface area contributed by atoms with E-state index in [9.17, 15) is 9.18 Å². The van der Waals surface area contributed by atoms with Crippen LogP contribution in [0.15, 0.2) is 36.4 Å². The fraction of sp³-hybridized carbons (Fsp3) is 0.133. The van der Waals surface area contributed by atoms with Gasteiger partial charge in [-0.25, -0.2) is 4.39 Å². The van der Waals surface area contributed by atoms with Crippen LogP contribution in [0.4, 0.5) is 15.8 Å². The van der Waals surface area contributed by atoms with E-state index in [1.54, 1.807) is 31.2 Å². The van der Waals surface area contributed by atoms with Gasteiger partial charge in [0.15, 0.2) is 0 Å². The smallest absolute Gasteiger partial charge is 0.255 e. The molecule has 2 rings (SSSR count). The Hall–Kier alpha value is -2.36. The molecule has 0 heterocycles. The van der Waals surface area contributed by atoms with Crippen LogP contribution in [0.5, 0.6) is 0 Å². The van der Waals surface area contributed by atoms with Crippen molar-refractivity contribution in [3.63, 3.8) is 0 Å². The molecule has 3 nitrogen and oxygen atoms in total. The van der Waals surface area contributed by atoms with Gasteiger partial charge in [-0.05, 0) is 61.4 Å². The van der Waals surface area contributed by atoms with Crippen molar-refractivity contribution >= 4 is 17.3 Å². The first-order chi connectivity index (χ1) is 8.95. The van der Waals surface area contributed by atoms with Crippen molar-refractivity contribution in [2.24, 2.45) is 0 Å². The van der Waals surface area contributed by atoms with E-state index in [0.29, 0.717) is 22.5 Å². The molecule has 0 unspecified atom stereocenters. The topological polar surface area (TPSA) is 55.1 Å². The van der Waals surface area contributed by atoms with Crippen LogP contribution in [0.25, 0.3) is 0 Å². The van der Waals surface area contributed by atoms with Crippen LogP contribution >= 0.6 is 0 Å². The van der Waals surface area contributed by atoms with Crippen LogP contribution in [0.2, 0.25) is 0 Å². The molecule has 3 N–H and O–H groups in total. The number of anilines is 2. The molecule has 98 valence electrons. The number of carbonyl (C=O) groups excluding carboxylic acids is 1. The van der Waals surface area contributed by atoms with Crippen molar-refractivity contribution in [2.75, 3.05) is 11.1 Å². The van der Waals surface area contributed by atoms with Crippen molar-refractivity contribution < 1.29 is 9.18 Å². The molecule has 0 aliphatic carbocycles. The molecule has 4 heteroatoms. The van der Waals surface area contributed by atoms with Gasteiger partial charge in [0, 0.05) is 16.9 Å². The van der Waals surface area contributed by atoms with Crippen LogP contribution < -0.4 is 11.1 Å². The second kappa shape index (κ2) is 5.10. The Bertz CT molecular complexity index is 618. The molecule has 1 amide bonds. The predicted octanol–water partition coefficient (Wildman–Crippen LogP) is 3.28. The summed E-state index contributed by atoms with van der Waals surface area (Å²) in [6, 6.07) is 9.60. The molecule has 0 aromatic heterocycles. The summed E-state index contributed by atoms with van der Waals surface area (Å²) in [6.45, 7) is 3.52. The van der Waals surface area contributed by atoms with E-state index in [1.807, 2.05) is 6.92 Å². The van der Waals surface area contributed by atoms with Gasteiger partial charge in [0.05, 0.1) is 0 Å². The lowest BCUT2D eigenvalue weighted by atomic mass is 10.1. The van der Waals surface area contributed by atoms with E-state index in [1.165, 1.54) is 12.1 Å². The van der Waals surface area contributed by atoms with Gasteiger partial charge in [-0.15, -0.1) is 0 Å². The van der Waals surface area contributed by atoms with Gasteiger partial charge in [-0.2, -0.15) is 0 Å². The Morgan fingerprint density at radius 1 is 1.16 bits per heavy atom. The summed E-state index contributed by atoms with van der Waals surface area (Å²) < 4.78 is 13.1. The summed E-state index contributed by atoms with van der Waals surface area (Å²) in [5, 5.41) is 2.72. The molecule has 0 saturated carbocycles. The summed E-state index contributed by atoms with van der Waals surface area (Å²) in [5.41, 5.74) is 8.70. The lowest BCUT2D eigenvalue weighted by molar-refractivity contribution is 0.102. The highest BCUT2D eigenvalue weighted by Gasteiger charge is 2.08. The summed E-state index contributed by atoms with van der Waals surface area (Å²) in [7, 11) is 0. The van der Waals surface area contributed by atoms with Crippen molar-refractivity contribution in [3.8, 4) is 0 Å². The zero-order valence-electron chi connectivity index (χ0n) is 10.8. The third-order valence-electron chi connectivity index (χ3n) is 2.78. The Kier molecular flexibility index (Phi) is 3.51. The number of carbonyl (C=O) groups is 1. The first-order valence-electron chi connectivity index (χ1n) is 5.90. The lowest BCUT2D eigenvalue weighted by Gasteiger charge is -2.08. The number of amides is 1. The van der Waals surface area contributed by atoms with Crippen LogP contribution in [0, 0.1) is 19.7 Å². The monoisotopic (exact) mass is 258 g/mol. The zero-order chi connectivity index (χ0) is 14.0. The molecule has 0 bridgehead atoms. The molecule has 0 fully saturated rings. The highest BCUT2D eigenvalue weighted by Crippen LogP contribution is 2.16. The van der Waals surface area contributed by atoms with E-state index in [4.69, 9.17) is 5.73 Å². The maximum atomic E-state index is 13.1. The Morgan fingerprint density at radius 2 is 1.89 bits per heavy atom. The van der Waals surface area contributed by atoms with Gasteiger partial charge in [0.25, 0.3) is 5.91 Å². The minimum atomic E-state index is -0.294. The lowest BCUT2D eigenvalue weighted by Crippen LogP contribution is -2.12. The summed E-state index contributed by atoms with van der Waals surface area (Å²) in [4.78, 5) is 12.1. The zero-order valence-corrected chi connectivity index (χ0v) is 10.8. The molecule has 0 spiro atoms.